The van der Waals surface area contributed by atoms with Crippen LogP contribution in [0.5, 0.6) is 0 Å². The molecular weight excluding hydrogens is 422 g/mol. The van der Waals surface area contributed by atoms with Gasteiger partial charge in [0.05, 0.1) is 4.88 Å². The van der Waals surface area contributed by atoms with Crippen molar-refractivity contribution in [2.45, 2.75) is 13.3 Å². The molecule has 164 valence electrons. The number of rotatable bonds is 5. The van der Waals surface area contributed by atoms with E-state index in [1.165, 1.54) is 16.9 Å². The summed E-state index contributed by atoms with van der Waals surface area (Å²) in [5.74, 6) is -0.293. The molecule has 0 aliphatic carbocycles. The van der Waals surface area contributed by atoms with Gasteiger partial charge in [-0.15, -0.1) is 11.3 Å². The van der Waals surface area contributed by atoms with Crippen molar-refractivity contribution in [3.8, 4) is 0 Å². The summed E-state index contributed by atoms with van der Waals surface area (Å²) in [5.41, 5.74) is 2.98. The van der Waals surface area contributed by atoms with E-state index in [-0.39, 0.29) is 17.7 Å². The van der Waals surface area contributed by atoms with Crippen LogP contribution in [0.15, 0.2) is 66.0 Å². The molecule has 0 atom stereocenters. The van der Waals surface area contributed by atoms with E-state index in [2.05, 4.69) is 12.2 Å². The van der Waals surface area contributed by atoms with Gasteiger partial charge in [0.25, 0.3) is 17.7 Å². The van der Waals surface area contributed by atoms with E-state index < -0.39 is 0 Å². The molecule has 1 fully saturated rings. The highest BCUT2D eigenvalue weighted by atomic mass is 32.1. The number of aryl methyl sites for hydroxylation is 1. The predicted octanol–water partition coefficient (Wildman–Crippen LogP) is 4.16. The average molecular weight is 448 g/mol. The summed E-state index contributed by atoms with van der Waals surface area (Å²) in [6.07, 6.45) is 0.939. The number of carbonyl (C=O) groups excluding carboxylic acids is 3. The van der Waals surface area contributed by atoms with Gasteiger partial charge in [-0.25, -0.2) is 0 Å². The van der Waals surface area contributed by atoms with E-state index in [0.717, 1.165) is 6.42 Å². The fourth-order valence-electron chi connectivity index (χ4n) is 3.69. The van der Waals surface area contributed by atoms with E-state index in [0.29, 0.717) is 47.9 Å². The normalized spacial score (nSPS) is 13.7. The molecule has 4 rings (SSSR count). The Labute approximate surface area is 191 Å². The molecular formula is C25H25N3O3S. The van der Waals surface area contributed by atoms with Crippen LogP contribution in [0.2, 0.25) is 0 Å². The second-order valence-corrected chi connectivity index (χ2v) is 8.59. The first kappa shape index (κ1) is 21.8. The summed E-state index contributed by atoms with van der Waals surface area (Å²) in [7, 11) is 0. The third kappa shape index (κ3) is 4.89. The van der Waals surface area contributed by atoms with E-state index >= 15 is 0 Å². The SMILES string of the molecule is CCc1ccc(C(=O)N2CCN(C(=O)c3cccc(NC(=O)c4cccs4)c3)CC2)cc1. The molecule has 7 heteroatoms. The average Bonchev–Trinajstić information content (AvgIpc) is 3.39. The molecule has 1 N–H and O–H groups in total. The Morgan fingerprint density at radius 2 is 1.50 bits per heavy atom. The molecule has 32 heavy (non-hydrogen) atoms. The molecule has 0 bridgehead atoms. The molecule has 0 radical (unpaired) electrons. The molecule has 3 aromatic rings. The first-order valence-corrected chi connectivity index (χ1v) is 11.6. The topological polar surface area (TPSA) is 69.7 Å². The van der Waals surface area contributed by atoms with Gasteiger partial charge in [0.15, 0.2) is 0 Å². The first-order chi connectivity index (χ1) is 15.5. The molecule has 1 aliphatic rings. The number of anilines is 1. The number of nitrogens with zero attached hydrogens (tertiary/aromatic N) is 2. The smallest absolute Gasteiger partial charge is 0.265 e. The van der Waals surface area contributed by atoms with Gasteiger partial charge in [0.1, 0.15) is 0 Å². The third-order valence-corrected chi connectivity index (χ3v) is 6.44. The lowest BCUT2D eigenvalue weighted by Gasteiger charge is -2.35. The standard InChI is InChI=1S/C25H25N3O3S/c1-2-18-8-10-19(11-9-18)24(30)27-12-14-28(15-13-27)25(31)20-5-3-6-21(17-20)26-23(29)22-7-4-16-32-22/h3-11,16-17H,2,12-15H2,1H3,(H,26,29). The number of hydrogen-bond donors (Lipinski definition) is 1. The van der Waals surface area contributed by atoms with Crippen LogP contribution in [0.25, 0.3) is 0 Å². The zero-order valence-corrected chi connectivity index (χ0v) is 18.7. The summed E-state index contributed by atoms with van der Waals surface area (Å²) in [6, 6.07) is 18.3. The van der Waals surface area contributed by atoms with Gasteiger partial charge in [0, 0.05) is 43.0 Å². The minimum Gasteiger partial charge on any atom is -0.335 e. The number of nitrogens with one attached hydrogen (secondary N) is 1. The highest BCUT2D eigenvalue weighted by Crippen LogP contribution is 2.18. The van der Waals surface area contributed by atoms with E-state index in [4.69, 9.17) is 0 Å². The molecule has 3 amide bonds. The number of amides is 3. The van der Waals surface area contributed by atoms with Gasteiger partial charge in [-0.05, 0) is 53.8 Å². The second kappa shape index (κ2) is 9.78. The van der Waals surface area contributed by atoms with Gasteiger partial charge in [-0.1, -0.05) is 31.2 Å². The molecule has 0 unspecified atom stereocenters. The van der Waals surface area contributed by atoms with Crippen molar-refractivity contribution in [1.29, 1.82) is 0 Å². The lowest BCUT2D eigenvalue weighted by Crippen LogP contribution is -2.50. The second-order valence-electron chi connectivity index (χ2n) is 7.65. The fourth-order valence-corrected chi connectivity index (χ4v) is 4.31. The number of carbonyl (C=O) groups is 3. The maximum Gasteiger partial charge on any atom is 0.265 e. The van der Waals surface area contributed by atoms with E-state index in [1.54, 1.807) is 40.1 Å². The monoisotopic (exact) mass is 447 g/mol. The lowest BCUT2D eigenvalue weighted by molar-refractivity contribution is 0.0535. The summed E-state index contributed by atoms with van der Waals surface area (Å²) >= 11 is 1.37. The summed E-state index contributed by atoms with van der Waals surface area (Å²) in [5, 5.41) is 4.69. The van der Waals surface area contributed by atoms with Crippen LogP contribution >= 0.6 is 11.3 Å². The van der Waals surface area contributed by atoms with Crippen LogP contribution in [0.3, 0.4) is 0 Å². The number of thiophene rings is 1. The number of benzene rings is 2. The Bertz CT molecular complexity index is 1100. The maximum atomic E-state index is 13.0. The number of piperazine rings is 1. The van der Waals surface area contributed by atoms with Crippen LogP contribution in [-0.2, 0) is 6.42 Å². The van der Waals surface area contributed by atoms with Crippen molar-refractivity contribution < 1.29 is 14.4 Å². The highest BCUT2D eigenvalue weighted by Gasteiger charge is 2.25. The van der Waals surface area contributed by atoms with Crippen LogP contribution in [0.4, 0.5) is 5.69 Å². The van der Waals surface area contributed by atoms with Crippen LogP contribution in [-0.4, -0.2) is 53.7 Å². The number of hydrogen-bond acceptors (Lipinski definition) is 4. The summed E-state index contributed by atoms with van der Waals surface area (Å²) in [6.45, 7) is 4.02. The van der Waals surface area contributed by atoms with Crippen molar-refractivity contribution in [3.63, 3.8) is 0 Å². The molecule has 1 aromatic heterocycles. The Hall–Kier alpha value is -3.45. The van der Waals surface area contributed by atoms with E-state index in [1.807, 2.05) is 35.7 Å². The Morgan fingerprint density at radius 1 is 0.844 bits per heavy atom. The highest BCUT2D eigenvalue weighted by molar-refractivity contribution is 7.12. The van der Waals surface area contributed by atoms with Gasteiger partial charge < -0.3 is 15.1 Å². The fraction of sp³-hybridized carbons (Fsp3) is 0.240. The van der Waals surface area contributed by atoms with Gasteiger partial charge in [-0.2, -0.15) is 0 Å². The lowest BCUT2D eigenvalue weighted by atomic mass is 10.1. The molecule has 1 saturated heterocycles. The maximum absolute atomic E-state index is 13.0. The molecule has 2 heterocycles. The first-order valence-electron chi connectivity index (χ1n) is 10.7. The van der Waals surface area contributed by atoms with Gasteiger partial charge in [-0.3, -0.25) is 14.4 Å². The predicted molar refractivity (Wildman–Crippen MR) is 126 cm³/mol. The Morgan fingerprint density at radius 3 is 2.09 bits per heavy atom. The Kier molecular flexibility index (Phi) is 6.66. The molecule has 0 spiro atoms. The summed E-state index contributed by atoms with van der Waals surface area (Å²) < 4.78 is 0. The molecule has 2 aromatic carbocycles. The quantitative estimate of drug-likeness (QED) is 0.639. The minimum absolute atomic E-state index is 0.00182. The zero-order chi connectivity index (χ0) is 22.5. The third-order valence-electron chi connectivity index (χ3n) is 5.58. The summed E-state index contributed by atoms with van der Waals surface area (Å²) in [4.78, 5) is 42.2. The minimum atomic E-state index is -0.191. The van der Waals surface area contributed by atoms with Crippen molar-refractivity contribution in [3.05, 3.63) is 87.6 Å². The van der Waals surface area contributed by atoms with Crippen LogP contribution in [0.1, 0.15) is 42.9 Å². The van der Waals surface area contributed by atoms with Gasteiger partial charge >= 0.3 is 0 Å². The van der Waals surface area contributed by atoms with Crippen molar-refractivity contribution >= 4 is 34.7 Å². The largest absolute Gasteiger partial charge is 0.335 e. The van der Waals surface area contributed by atoms with Crippen LogP contribution < -0.4 is 5.32 Å². The molecule has 1 aliphatic heterocycles. The Balaban J connectivity index is 1.36. The van der Waals surface area contributed by atoms with Crippen molar-refractivity contribution in [2.24, 2.45) is 0 Å². The molecule has 6 nitrogen and oxygen atoms in total. The van der Waals surface area contributed by atoms with Gasteiger partial charge in [0.2, 0.25) is 0 Å². The van der Waals surface area contributed by atoms with E-state index in [9.17, 15) is 14.4 Å². The zero-order valence-electron chi connectivity index (χ0n) is 17.9. The van der Waals surface area contributed by atoms with Crippen molar-refractivity contribution in [2.75, 3.05) is 31.5 Å². The van der Waals surface area contributed by atoms with Crippen molar-refractivity contribution in [1.82, 2.24) is 9.80 Å². The molecule has 0 saturated carbocycles. The van der Waals surface area contributed by atoms with Crippen LogP contribution in [0, 0.1) is 0 Å².